The van der Waals surface area contributed by atoms with Crippen LogP contribution in [0, 0.1) is 19.7 Å². The predicted octanol–water partition coefficient (Wildman–Crippen LogP) is 2.31. The van der Waals surface area contributed by atoms with Crippen molar-refractivity contribution in [3.8, 4) is 5.75 Å². The number of halogens is 2. The van der Waals surface area contributed by atoms with Crippen molar-refractivity contribution in [2.75, 3.05) is 13.2 Å². The van der Waals surface area contributed by atoms with E-state index in [1.54, 1.807) is 13.8 Å². The van der Waals surface area contributed by atoms with Crippen molar-refractivity contribution in [2.24, 2.45) is 0 Å². The number of carbonyl (C=O) groups excluding carboxylic acids is 2. The monoisotopic (exact) mass is 439 g/mol. The van der Waals surface area contributed by atoms with E-state index in [-0.39, 0.29) is 30.3 Å². The molecule has 0 aliphatic rings. The van der Waals surface area contributed by atoms with Crippen molar-refractivity contribution < 1.29 is 28.3 Å². The van der Waals surface area contributed by atoms with Crippen LogP contribution in [0.5, 0.6) is 5.75 Å². The zero-order valence-electron chi connectivity index (χ0n) is 16.6. The van der Waals surface area contributed by atoms with E-state index in [2.05, 4.69) is 22.4 Å². The van der Waals surface area contributed by atoms with E-state index >= 15 is 0 Å². The van der Waals surface area contributed by atoms with Crippen molar-refractivity contribution in [1.82, 2.24) is 15.8 Å². The Kier molecular flexibility index (Phi) is 8.37. The zero-order chi connectivity index (χ0) is 22.3. The van der Waals surface area contributed by atoms with Gasteiger partial charge in [0.25, 0.3) is 11.8 Å². The molecule has 0 aliphatic heterocycles. The minimum absolute atomic E-state index is 0.0380. The fraction of sp³-hybridized carbons (Fsp3) is 0.350. The molecular formula is C20H23ClFN3O5. The maximum absolute atomic E-state index is 13.4. The summed E-state index contributed by atoms with van der Waals surface area (Å²) in [5.74, 6) is -1.00. The summed E-state index contributed by atoms with van der Waals surface area (Å²) in [6.07, 6.45) is 0.635. The highest BCUT2D eigenvalue weighted by molar-refractivity contribution is 6.30. The first kappa shape index (κ1) is 23.4. The van der Waals surface area contributed by atoms with Crippen molar-refractivity contribution in [2.45, 2.75) is 32.4 Å². The van der Waals surface area contributed by atoms with Crippen LogP contribution in [0.1, 0.15) is 28.2 Å². The molecule has 0 radical (unpaired) electrons. The average Bonchev–Trinajstić information content (AvgIpc) is 3.04. The molecule has 0 spiro atoms. The molecule has 0 aliphatic carbocycles. The molecule has 2 rings (SSSR count). The van der Waals surface area contributed by atoms with Crippen LogP contribution in [0.3, 0.4) is 0 Å². The zero-order valence-corrected chi connectivity index (χ0v) is 17.3. The molecule has 1 aromatic heterocycles. The van der Waals surface area contributed by atoms with Crippen molar-refractivity contribution in [1.29, 1.82) is 0 Å². The fourth-order valence-corrected chi connectivity index (χ4v) is 2.78. The summed E-state index contributed by atoms with van der Waals surface area (Å²) in [6.45, 7) is 6.50. The molecule has 0 saturated heterocycles. The second-order valence-corrected chi connectivity index (χ2v) is 6.98. The molecule has 0 fully saturated rings. The van der Waals surface area contributed by atoms with Gasteiger partial charge in [-0.1, -0.05) is 22.8 Å². The van der Waals surface area contributed by atoms with E-state index in [1.165, 1.54) is 18.2 Å². The molecule has 10 heteroatoms. The Balaban J connectivity index is 1.78. The lowest BCUT2D eigenvalue weighted by molar-refractivity contribution is -0.123. The molecule has 2 aromatic rings. The Morgan fingerprint density at radius 2 is 2.17 bits per heavy atom. The third-order valence-electron chi connectivity index (χ3n) is 4.18. The number of aliphatic hydroxyl groups excluding tert-OH is 1. The van der Waals surface area contributed by atoms with Crippen molar-refractivity contribution in [3.63, 3.8) is 0 Å². The van der Waals surface area contributed by atoms with Gasteiger partial charge < -0.3 is 25.0 Å². The van der Waals surface area contributed by atoms with Crippen LogP contribution in [0.15, 0.2) is 35.4 Å². The Hall–Kier alpha value is -2.91. The number of nitrogens with zero attached hydrogens (tertiary/aromatic N) is 1. The molecule has 8 nitrogen and oxygen atoms in total. The molecule has 0 saturated carbocycles. The Labute approximate surface area is 178 Å². The summed E-state index contributed by atoms with van der Waals surface area (Å²) in [7, 11) is 0. The summed E-state index contributed by atoms with van der Waals surface area (Å²) in [5.41, 5.74) is 0.780. The first-order valence-electron chi connectivity index (χ1n) is 9.10. The van der Waals surface area contributed by atoms with Crippen LogP contribution in [-0.2, 0) is 4.79 Å². The van der Waals surface area contributed by atoms with E-state index in [1.807, 2.05) is 0 Å². The van der Waals surface area contributed by atoms with Gasteiger partial charge in [0.15, 0.2) is 6.61 Å². The first-order chi connectivity index (χ1) is 14.2. The molecule has 1 heterocycles. The number of rotatable bonds is 10. The van der Waals surface area contributed by atoms with Crippen molar-refractivity contribution >= 4 is 23.4 Å². The molecule has 162 valence electrons. The van der Waals surface area contributed by atoms with E-state index in [0.29, 0.717) is 17.0 Å². The third-order valence-corrected chi connectivity index (χ3v) is 4.48. The smallest absolute Gasteiger partial charge is 0.258 e. The molecule has 30 heavy (non-hydrogen) atoms. The number of hydrogen-bond donors (Lipinski definition) is 3. The Morgan fingerprint density at radius 1 is 1.43 bits per heavy atom. The molecule has 2 atom stereocenters. The van der Waals surface area contributed by atoms with Gasteiger partial charge in [0.1, 0.15) is 22.9 Å². The topological polar surface area (TPSA) is 114 Å². The number of amides is 2. The third kappa shape index (κ3) is 6.57. The SMILES string of the molecule is C=CC(CC(O)CNC(=O)c1c(C)noc1C)NC(=O)COc1ccc(Cl)c(F)c1. The van der Waals surface area contributed by atoms with E-state index in [9.17, 15) is 19.1 Å². The lowest BCUT2D eigenvalue weighted by Gasteiger charge is -2.19. The van der Waals surface area contributed by atoms with E-state index in [4.69, 9.17) is 20.9 Å². The van der Waals surface area contributed by atoms with Gasteiger partial charge in [-0.15, -0.1) is 6.58 Å². The van der Waals surface area contributed by atoms with Gasteiger partial charge in [-0.2, -0.15) is 0 Å². The number of aliphatic hydroxyl groups is 1. The number of carbonyl (C=O) groups is 2. The molecule has 3 N–H and O–H groups in total. The van der Waals surface area contributed by atoms with Crippen LogP contribution in [0.4, 0.5) is 4.39 Å². The standard InChI is InChI=1S/C20H23ClFN3O5/c1-4-13(24-18(27)10-29-15-5-6-16(21)17(22)8-15)7-14(26)9-23-20(28)19-11(2)25-30-12(19)3/h4-6,8,13-14,26H,1,7,9-10H2,2-3H3,(H,23,28)(H,24,27). The Morgan fingerprint density at radius 3 is 2.77 bits per heavy atom. The molecule has 2 unspecified atom stereocenters. The highest BCUT2D eigenvalue weighted by Gasteiger charge is 2.20. The maximum Gasteiger partial charge on any atom is 0.258 e. The van der Waals surface area contributed by atoms with Gasteiger partial charge in [0, 0.05) is 18.7 Å². The van der Waals surface area contributed by atoms with Crippen molar-refractivity contribution in [3.05, 3.63) is 58.7 Å². The number of aromatic nitrogens is 1. The quantitative estimate of drug-likeness (QED) is 0.489. The summed E-state index contributed by atoms with van der Waals surface area (Å²) in [6, 6.07) is 3.28. The summed E-state index contributed by atoms with van der Waals surface area (Å²) in [5, 5.41) is 19.1. The summed E-state index contributed by atoms with van der Waals surface area (Å²) in [4.78, 5) is 24.2. The largest absolute Gasteiger partial charge is 0.484 e. The van der Waals surface area contributed by atoms with E-state index < -0.39 is 29.8 Å². The highest BCUT2D eigenvalue weighted by atomic mass is 35.5. The van der Waals surface area contributed by atoms with Gasteiger partial charge in [0.05, 0.1) is 16.8 Å². The van der Waals surface area contributed by atoms with Gasteiger partial charge in [0.2, 0.25) is 0 Å². The fourth-order valence-electron chi connectivity index (χ4n) is 2.66. The van der Waals surface area contributed by atoms with Crippen LogP contribution in [0.25, 0.3) is 0 Å². The van der Waals surface area contributed by atoms with Gasteiger partial charge in [-0.3, -0.25) is 9.59 Å². The van der Waals surface area contributed by atoms with E-state index in [0.717, 1.165) is 6.07 Å². The van der Waals surface area contributed by atoms with Crippen LogP contribution in [-0.4, -0.2) is 47.4 Å². The minimum atomic E-state index is -0.941. The number of benzene rings is 1. The average molecular weight is 440 g/mol. The second kappa shape index (κ2) is 10.7. The Bertz CT molecular complexity index is 898. The lowest BCUT2D eigenvalue weighted by Crippen LogP contribution is -2.41. The number of aryl methyl sites for hydroxylation is 2. The minimum Gasteiger partial charge on any atom is -0.484 e. The second-order valence-electron chi connectivity index (χ2n) is 6.57. The number of ether oxygens (including phenoxy) is 1. The molecule has 2 amide bonds. The maximum atomic E-state index is 13.4. The lowest BCUT2D eigenvalue weighted by atomic mass is 10.1. The van der Waals surface area contributed by atoms with Crippen LogP contribution < -0.4 is 15.4 Å². The van der Waals surface area contributed by atoms with Crippen LogP contribution >= 0.6 is 11.6 Å². The molecule has 0 bridgehead atoms. The van der Waals surface area contributed by atoms with Gasteiger partial charge >= 0.3 is 0 Å². The summed E-state index contributed by atoms with van der Waals surface area (Å²) >= 11 is 5.59. The normalized spacial score (nSPS) is 12.7. The van der Waals surface area contributed by atoms with Gasteiger partial charge in [-0.25, -0.2) is 4.39 Å². The van der Waals surface area contributed by atoms with Gasteiger partial charge in [-0.05, 0) is 32.4 Å². The van der Waals surface area contributed by atoms with Crippen LogP contribution in [0.2, 0.25) is 5.02 Å². The molecule has 1 aromatic carbocycles. The summed E-state index contributed by atoms with van der Waals surface area (Å²) < 4.78 is 23.5. The number of hydrogen-bond acceptors (Lipinski definition) is 6. The predicted molar refractivity (Wildman–Crippen MR) is 108 cm³/mol. The highest BCUT2D eigenvalue weighted by Crippen LogP contribution is 2.20. The molecular weight excluding hydrogens is 417 g/mol. The number of nitrogens with one attached hydrogen (secondary N) is 2. The first-order valence-corrected chi connectivity index (χ1v) is 9.48.